The second kappa shape index (κ2) is 8.09. The fraction of sp³-hybridized carbons (Fsp3) is 0.294. The van der Waals surface area contributed by atoms with Crippen molar-refractivity contribution in [1.29, 1.82) is 0 Å². The molecule has 0 saturated carbocycles. The summed E-state index contributed by atoms with van der Waals surface area (Å²) in [5, 5.41) is 5.29. The Hall–Kier alpha value is -3.16. The minimum absolute atomic E-state index is 0.116. The SMILES string of the molecule is CNC(=O)c1cccc(CNC(=O)CCc2c(C)[nH]c(=O)[nH]c2=O)c1. The molecule has 2 amide bonds. The van der Waals surface area contributed by atoms with Gasteiger partial charge in [0.05, 0.1) is 0 Å². The van der Waals surface area contributed by atoms with Crippen LogP contribution in [0.3, 0.4) is 0 Å². The zero-order chi connectivity index (χ0) is 18.4. The van der Waals surface area contributed by atoms with E-state index in [1.165, 1.54) is 0 Å². The molecular formula is C17H20N4O4. The molecule has 25 heavy (non-hydrogen) atoms. The Morgan fingerprint density at radius 2 is 1.92 bits per heavy atom. The van der Waals surface area contributed by atoms with Crippen LogP contribution in [0.4, 0.5) is 0 Å². The fourth-order valence-corrected chi connectivity index (χ4v) is 2.42. The minimum Gasteiger partial charge on any atom is -0.355 e. The number of hydrogen-bond acceptors (Lipinski definition) is 4. The Morgan fingerprint density at radius 3 is 2.60 bits per heavy atom. The van der Waals surface area contributed by atoms with Crippen molar-refractivity contribution in [1.82, 2.24) is 20.6 Å². The van der Waals surface area contributed by atoms with Gasteiger partial charge in [-0.15, -0.1) is 0 Å². The van der Waals surface area contributed by atoms with Crippen LogP contribution in [0.5, 0.6) is 0 Å². The van der Waals surface area contributed by atoms with Gasteiger partial charge in [-0.1, -0.05) is 12.1 Å². The standard InChI is InChI=1S/C17H20N4O4/c1-10-13(16(24)21-17(25)20-10)6-7-14(22)19-9-11-4-3-5-12(8-11)15(23)18-2/h3-5,8H,6-7,9H2,1-2H3,(H,18,23)(H,19,22)(H2,20,21,24,25). The van der Waals surface area contributed by atoms with E-state index in [2.05, 4.69) is 20.6 Å². The summed E-state index contributed by atoms with van der Waals surface area (Å²) in [4.78, 5) is 51.1. The molecule has 0 radical (unpaired) electrons. The molecule has 0 aliphatic heterocycles. The first-order chi connectivity index (χ1) is 11.9. The van der Waals surface area contributed by atoms with Gasteiger partial charge in [0, 0.05) is 36.8 Å². The van der Waals surface area contributed by atoms with Gasteiger partial charge in [0.1, 0.15) is 0 Å². The van der Waals surface area contributed by atoms with Crippen molar-refractivity contribution in [2.75, 3.05) is 7.05 Å². The zero-order valence-corrected chi connectivity index (χ0v) is 14.1. The maximum Gasteiger partial charge on any atom is 0.325 e. The van der Waals surface area contributed by atoms with Crippen LogP contribution in [0.15, 0.2) is 33.9 Å². The van der Waals surface area contributed by atoms with Crippen LogP contribution in [-0.2, 0) is 17.8 Å². The highest BCUT2D eigenvalue weighted by atomic mass is 16.2. The van der Waals surface area contributed by atoms with Crippen LogP contribution in [0.1, 0.15) is 33.6 Å². The van der Waals surface area contributed by atoms with E-state index in [1.807, 2.05) is 6.07 Å². The van der Waals surface area contributed by atoms with Gasteiger partial charge in [0.2, 0.25) is 5.91 Å². The molecule has 0 aliphatic rings. The van der Waals surface area contributed by atoms with E-state index in [4.69, 9.17) is 0 Å². The van der Waals surface area contributed by atoms with Gasteiger partial charge >= 0.3 is 5.69 Å². The smallest absolute Gasteiger partial charge is 0.325 e. The van der Waals surface area contributed by atoms with Crippen molar-refractivity contribution in [3.8, 4) is 0 Å². The Kier molecular flexibility index (Phi) is 5.89. The maximum atomic E-state index is 12.0. The van der Waals surface area contributed by atoms with Crippen LogP contribution in [0.25, 0.3) is 0 Å². The van der Waals surface area contributed by atoms with Crippen molar-refractivity contribution in [3.05, 3.63) is 67.5 Å². The number of carbonyl (C=O) groups is 2. The lowest BCUT2D eigenvalue weighted by molar-refractivity contribution is -0.121. The first-order valence-corrected chi connectivity index (χ1v) is 7.80. The van der Waals surface area contributed by atoms with Crippen molar-refractivity contribution >= 4 is 11.8 Å². The van der Waals surface area contributed by atoms with Crippen LogP contribution < -0.4 is 21.9 Å². The summed E-state index contributed by atoms with van der Waals surface area (Å²) in [5.74, 6) is -0.420. The van der Waals surface area contributed by atoms with Crippen LogP contribution in [-0.4, -0.2) is 28.8 Å². The highest BCUT2D eigenvalue weighted by Gasteiger charge is 2.09. The van der Waals surface area contributed by atoms with Crippen LogP contribution in [0.2, 0.25) is 0 Å². The molecule has 1 heterocycles. The van der Waals surface area contributed by atoms with E-state index in [-0.39, 0.29) is 31.2 Å². The molecule has 132 valence electrons. The van der Waals surface area contributed by atoms with Crippen molar-refractivity contribution in [2.45, 2.75) is 26.3 Å². The predicted octanol–water partition coefficient (Wildman–Crippen LogP) is -0.0198. The summed E-state index contributed by atoms with van der Waals surface area (Å²) in [6.07, 6.45) is 0.340. The average Bonchev–Trinajstić information content (AvgIpc) is 2.58. The summed E-state index contributed by atoms with van der Waals surface area (Å²) in [6, 6.07) is 6.95. The first-order valence-electron chi connectivity index (χ1n) is 7.80. The Balaban J connectivity index is 1.93. The number of hydrogen-bond donors (Lipinski definition) is 4. The van der Waals surface area contributed by atoms with Crippen molar-refractivity contribution < 1.29 is 9.59 Å². The molecular weight excluding hydrogens is 324 g/mol. The number of benzene rings is 1. The van der Waals surface area contributed by atoms with E-state index in [0.717, 1.165) is 5.56 Å². The molecule has 2 rings (SSSR count). The molecule has 0 bridgehead atoms. The second-order valence-electron chi connectivity index (χ2n) is 5.57. The quantitative estimate of drug-likeness (QED) is 0.588. The van der Waals surface area contributed by atoms with Crippen LogP contribution in [0, 0.1) is 6.92 Å². The molecule has 0 aliphatic carbocycles. The van der Waals surface area contributed by atoms with E-state index >= 15 is 0 Å². The minimum atomic E-state index is -0.563. The van der Waals surface area contributed by atoms with Gasteiger partial charge < -0.3 is 15.6 Å². The van der Waals surface area contributed by atoms with Crippen LogP contribution >= 0.6 is 0 Å². The second-order valence-corrected chi connectivity index (χ2v) is 5.57. The summed E-state index contributed by atoms with van der Waals surface area (Å²) in [5.41, 5.74) is 1.12. The molecule has 1 aromatic carbocycles. The largest absolute Gasteiger partial charge is 0.355 e. The highest BCUT2D eigenvalue weighted by Crippen LogP contribution is 2.06. The molecule has 0 atom stereocenters. The number of amides is 2. The van der Waals surface area contributed by atoms with Gasteiger partial charge in [0.15, 0.2) is 0 Å². The third kappa shape index (κ3) is 4.90. The van der Waals surface area contributed by atoms with Gasteiger partial charge in [-0.2, -0.15) is 0 Å². The Morgan fingerprint density at radius 1 is 1.16 bits per heavy atom. The van der Waals surface area contributed by atoms with Gasteiger partial charge in [-0.05, 0) is 31.0 Å². The van der Waals surface area contributed by atoms with Gasteiger partial charge in [-0.25, -0.2) is 4.79 Å². The number of aryl methyl sites for hydroxylation is 1. The molecule has 8 nitrogen and oxygen atoms in total. The molecule has 4 N–H and O–H groups in total. The van der Waals surface area contributed by atoms with Crippen molar-refractivity contribution in [2.24, 2.45) is 0 Å². The van der Waals surface area contributed by atoms with E-state index < -0.39 is 11.2 Å². The number of carbonyl (C=O) groups excluding carboxylic acids is 2. The molecule has 2 aromatic rings. The number of rotatable bonds is 6. The summed E-state index contributed by atoms with van der Waals surface area (Å²) < 4.78 is 0. The molecule has 0 spiro atoms. The van der Waals surface area contributed by atoms with Crippen molar-refractivity contribution in [3.63, 3.8) is 0 Å². The lowest BCUT2D eigenvalue weighted by atomic mass is 10.1. The molecule has 8 heteroatoms. The summed E-state index contributed by atoms with van der Waals surface area (Å²) >= 11 is 0. The fourth-order valence-electron chi connectivity index (χ4n) is 2.42. The third-order valence-electron chi connectivity index (χ3n) is 3.76. The monoisotopic (exact) mass is 344 g/mol. The Labute approximate surface area is 143 Å². The average molecular weight is 344 g/mol. The number of aromatic amines is 2. The molecule has 1 aromatic heterocycles. The van der Waals surface area contributed by atoms with Gasteiger partial charge in [0.25, 0.3) is 11.5 Å². The number of nitrogens with one attached hydrogen (secondary N) is 4. The van der Waals surface area contributed by atoms with E-state index in [0.29, 0.717) is 16.8 Å². The molecule has 0 unspecified atom stereocenters. The summed E-state index contributed by atoms with van der Waals surface area (Å²) in [7, 11) is 1.55. The lowest BCUT2D eigenvalue weighted by Gasteiger charge is -2.08. The zero-order valence-electron chi connectivity index (χ0n) is 14.1. The normalized spacial score (nSPS) is 10.3. The first kappa shape index (κ1) is 18.2. The molecule has 0 saturated heterocycles. The van der Waals surface area contributed by atoms with E-state index in [9.17, 15) is 19.2 Å². The summed E-state index contributed by atoms with van der Waals surface area (Å²) in [6.45, 7) is 1.90. The highest BCUT2D eigenvalue weighted by molar-refractivity contribution is 5.94. The Bertz CT molecular complexity index is 898. The third-order valence-corrected chi connectivity index (χ3v) is 3.76. The van der Waals surface area contributed by atoms with E-state index in [1.54, 1.807) is 32.2 Å². The topological polar surface area (TPSA) is 124 Å². The molecule has 0 fully saturated rings. The maximum absolute atomic E-state index is 12.0. The van der Waals surface area contributed by atoms with Gasteiger partial charge in [-0.3, -0.25) is 19.4 Å². The predicted molar refractivity (Wildman–Crippen MR) is 92.4 cm³/mol. The lowest BCUT2D eigenvalue weighted by Crippen LogP contribution is -2.29. The number of aromatic nitrogens is 2. The number of H-pyrrole nitrogens is 2.